The van der Waals surface area contributed by atoms with Crippen LogP contribution in [0.2, 0.25) is 0 Å². The van der Waals surface area contributed by atoms with Crippen LogP contribution < -0.4 is 5.32 Å². The predicted molar refractivity (Wildman–Crippen MR) is 96.9 cm³/mol. The number of hydrogen-bond donors (Lipinski definition) is 1. The Bertz CT molecular complexity index is 883. The molecule has 0 saturated heterocycles. The molecule has 128 valence electrons. The number of thiophene rings is 1. The fourth-order valence-electron chi connectivity index (χ4n) is 2.33. The average Bonchev–Trinajstić information content (AvgIpc) is 3.25. The number of hydrogen-bond acceptors (Lipinski definition) is 5. The Labute approximate surface area is 149 Å². The van der Waals surface area contributed by atoms with Crippen molar-refractivity contribution < 1.29 is 14.3 Å². The van der Waals surface area contributed by atoms with Crippen LogP contribution in [0.25, 0.3) is 10.6 Å². The Balaban J connectivity index is 1.72. The number of nitrogens with zero attached hydrogens (tertiary/aromatic N) is 2. The molecule has 0 aliphatic heterocycles. The van der Waals surface area contributed by atoms with Crippen LogP contribution in [0.15, 0.2) is 47.8 Å². The summed E-state index contributed by atoms with van der Waals surface area (Å²) in [6, 6.07) is 12.2. The molecule has 0 aliphatic rings. The normalized spacial score (nSPS) is 10.5. The second-order valence-electron chi connectivity index (χ2n) is 5.27. The number of esters is 1. The van der Waals surface area contributed by atoms with Gasteiger partial charge in [0.1, 0.15) is 0 Å². The third-order valence-electron chi connectivity index (χ3n) is 3.54. The molecule has 0 unspecified atom stereocenters. The molecule has 2 heterocycles. The van der Waals surface area contributed by atoms with E-state index in [1.807, 2.05) is 17.5 Å². The second kappa shape index (κ2) is 7.31. The molecule has 0 bridgehead atoms. The number of anilines is 1. The molecule has 25 heavy (non-hydrogen) atoms. The maximum absolute atomic E-state index is 12.4. The summed E-state index contributed by atoms with van der Waals surface area (Å²) >= 11 is 1.59. The van der Waals surface area contributed by atoms with Crippen LogP contribution in [0.3, 0.4) is 0 Å². The average molecular weight is 355 g/mol. The van der Waals surface area contributed by atoms with Gasteiger partial charge in [0, 0.05) is 12.7 Å². The summed E-state index contributed by atoms with van der Waals surface area (Å²) in [6.07, 6.45) is 0. The van der Waals surface area contributed by atoms with Gasteiger partial charge in [0.15, 0.2) is 5.69 Å². The Kier molecular flexibility index (Phi) is 4.95. The first-order chi connectivity index (χ1) is 12.1. The number of aryl methyl sites for hydroxylation is 1. The number of aromatic nitrogens is 2. The van der Waals surface area contributed by atoms with E-state index >= 15 is 0 Å². The smallest absolute Gasteiger partial charge is 0.338 e. The molecule has 6 nitrogen and oxygen atoms in total. The van der Waals surface area contributed by atoms with E-state index in [0.29, 0.717) is 23.6 Å². The van der Waals surface area contributed by atoms with Crippen LogP contribution in [0, 0.1) is 0 Å². The number of carbonyl (C=O) groups is 2. The SMILES string of the molecule is CCOC(=O)c1ccc(NC(=O)c2cc(-c3cccs3)n(C)n2)cc1. The van der Waals surface area contributed by atoms with E-state index in [-0.39, 0.29) is 11.9 Å². The van der Waals surface area contributed by atoms with Crippen LogP contribution in [0.1, 0.15) is 27.8 Å². The second-order valence-corrected chi connectivity index (χ2v) is 6.22. The lowest BCUT2D eigenvalue weighted by Crippen LogP contribution is -2.13. The standard InChI is InChI=1S/C18H17N3O3S/c1-3-24-18(23)12-6-8-13(9-7-12)19-17(22)14-11-15(21(2)20-14)16-5-4-10-25-16/h4-11H,3H2,1-2H3,(H,19,22). The molecule has 3 rings (SSSR count). The van der Waals surface area contributed by atoms with E-state index in [1.165, 1.54) is 0 Å². The van der Waals surface area contributed by atoms with Gasteiger partial charge in [-0.3, -0.25) is 9.48 Å². The van der Waals surface area contributed by atoms with Gasteiger partial charge < -0.3 is 10.1 Å². The molecule has 2 aromatic heterocycles. The molecule has 0 aliphatic carbocycles. The van der Waals surface area contributed by atoms with Crippen LogP contribution in [0.5, 0.6) is 0 Å². The highest BCUT2D eigenvalue weighted by molar-refractivity contribution is 7.13. The summed E-state index contributed by atoms with van der Waals surface area (Å²) in [5.74, 6) is -0.687. The third kappa shape index (κ3) is 3.77. The minimum Gasteiger partial charge on any atom is -0.462 e. The van der Waals surface area contributed by atoms with Crippen molar-refractivity contribution in [3.8, 4) is 10.6 Å². The number of carbonyl (C=O) groups excluding carboxylic acids is 2. The summed E-state index contributed by atoms with van der Waals surface area (Å²) < 4.78 is 6.62. The Morgan fingerprint density at radius 2 is 2.00 bits per heavy atom. The molecule has 1 aromatic carbocycles. The third-order valence-corrected chi connectivity index (χ3v) is 4.43. The van der Waals surface area contributed by atoms with Gasteiger partial charge in [-0.25, -0.2) is 4.79 Å². The van der Waals surface area contributed by atoms with Crippen LogP contribution in [-0.2, 0) is 11.8 Å². The zero-order valence-electron chi connectivity index (χ0n) is 13.9. The summed E-state index contributed by atoms with van der Waals surface area (Å²) in [7, 11) is 1.81. The molecular weight excluding hydrogens is 338 g/mol. The zero-order chi connectivity index (χ0) is 17.8. The van der Waals surface area contributed by atoms with E-state index in [1.54, 1.807) is 60.3 Å². The highest BCUT2D eigenvalue weighted by atomic mass is 32.1. The monoisotopic (exact) mass is 355 g/mol. The van der Waals surface area contributed by atoms with Crippen molar-refractivity contribution in [1.82, 2.24) is 9.78 Å². The summed E-state index contributed by atoms with van der Waals surface area (Å²) in [4.78, 5) is 25.1. The number of benzene rings is 1. The minimum absolute atomic E-state index is 0.303. The molecule has 3 aromatic rings. The zero-order valence-corrected chi connectivity index (χ0v) is 14.7. The van der Waals surface area contributed by atoms with E-state index in [0.717, 1.165) is 10.6 Å². The quantitative estimate of drug-likeness (QED) is 0.710. The summed E-state index contributed by atoms with van der Waals surface area (Å²) in [5.41, 5.74) is 2.25. The van der Waals surface area contributed by atoms with Gasteiger partial charge in [0.05, 0.1) is 22.7 Å². The van der Waals surface area contributed by atoms with Gasteiger partial charge in [-0.1, -0.05) is 6.07 Å². The number of ether oxygens (including phenoxy) is 1. The fourth-order valence-corrected chi connectivity index (χ4v) is 3.10. The first kappa shape index (κ1) is 16.9. The Morgan fingerprint density at radius 3 is 2.64 bits per heavy atom. The number of amides is 1. The molecule has 0 atom stereocenters. The maximum atomic E-state index is 12.4. The van der Waals surface area contributed by atoms with Crippen molar-refractivity contribution in [2.45, 2.75) is 6.92 Å². The van der Waals surface area contributed by atoms with Crippen LogP contribution in [0.4, 0.5) is 5.69 Å². The molecule has 0 fully saturated rings. The van der Waals surface area contributed by atoms with E-state index < -0.39 is 0 Å². The van der Waals surface area contributed by atoms with Crippen molar-refractivity contribution in [3.05, 3.63) is 59.1 Å². The van der Waals surface area contributed by atoms with E-state index in [2.05, 4.69) is 10.4 Å². The molecule has 0 spiro atoms. The minimum atomic E-state index is -0.384. The van der Waals surface area contributed by atoms with Crippen molar-refractivity contribution >= 4 is 28.9 Å². The fraction of sp³-hybridized carbons (Fsp3) is 0.167. The van der Waals surface area contributed by atoms with Gasteiger partial charge in [0.25, 0.3) is 5.91 Å². The molecule has 0 radical (unpaired) electrons. The van der Waals surface area contributed by atoms with Crippen LogP contribution >= 0.6 is 11.3 Å². The van der Waals surface area contributed by atoms with Gasteiger partial charge in [-0.2, -0.15) is 5.10 Å². The largest absolute Gasteiger partial charge is 0.462 e. The molecular formula is C18H17N3O3S. The number of rotatable bonds is 5. The van der Waals surface area contributed by atoms with Crippen molar-refractivity contribution in [3.63, 3.8) is 0 Å². The first-order valence-corrected chi connectivity index (χ1v) is 8.63. The van der Waals surface area contributed by atoms with E-state index in [9.17, 15) is 9.59 Å². The topological polar surface area (TPSA) is 73.2 Å². The van der Waals surface area contributed by atoms with Gasteiger partial charge in [-0.05, 0) is 48.7 Å². The molecule has 7 heteroatoms. The summed E-state index contributed by atoms with van der Waals surface area (Å²) in [6.45, 7) is 2.08. The highest BCUT2D eigenvalue weighted by Crippen LogP contribution is 2.25. The lowest BCUT2D eigenvalue weighted by molar-refractivity contribution is 0.0526. The predicted octanol–water partition coefficient (Wildman–Crippen LogP) is 3.58. The van der Waals surface area contributed by atoms with Crippen molar-refractivity contribution in [2.24, 2.45) is 7.05 Å². The Morgan fingerprint density at radius 1 is 1.24 bits per heavy atom. The lowest BCUT2D eigenvalue weighted by atomic mass is 10.2. The lowest BCUT2D eigenvalue weighted by Gasteiger charge is -2.05. The molecule has 1 amide bonds. The van der Waals surface area contributed by atoms with Crippen molar-refractivity contribution in [1.29, 1.82) is 0 Å². The van der Waals surface area contributed by atoms with E-state index in [4.69, 9.17) is 4.74 Å². The summed E-state index contributed by atoms with van der Waals surface area (Å²) in [5, 5.41) is 9.03. The molecule has 0 saturated carbocycles. The highest BCUT2D eigenvalue weighted by Gasteiger charge is 2.15. The van der Waals surface area contributed by atoms with Gasteiger partial charge >= 0.3 is 5.97 Å². The molecule has 1 N–H and O–H groups in total. The van der Waals surface area contributed by atoms with Gasteiger partial charge in [-0.15, -0.1) is 11.3 Å². The van der Waals surface area contributed by atoms with Crippen molar-refractivity contribution in [2.75, 3.05) is 11.9 Å². The first-order valence-electron chi connectivity index (χ1n) is 7.75. The maximum Gasteiger partial charge on any atom is 0.338 e. The number of nitrogens with one attached hydrogen (secondary N) is 1. The van der Waals surface area contributed by atoms with Gasteiger partial charge in [0.2, 0.25) is 0 Å². The van der Waals surface area contributed by atoms with Crippen LogP contribution in [-0.4, -0.2) is 28.3 Å². The Hall–Kier alpha value is -2.93.